The topological polar surface area (TPSA) is 114 Å². The van der Waals surface area contributed by atoms with Gasteiger partial charge in [0.1, 0.15) is 17.9 Å². The fourth-order valence-electron chi connectivity index (χ4n) is 4.39. The van der Waals surface area contributed by atoms with Crippen LogP contribution in [0.3, 0.4) is 0 Å². The number of aliphatic carboxylic acids is 1. The average Bonchev–Trinajstić information content (AvgIpc) is 3.40. The highest BCUT2D eigenvalue weighted by Gasteiger charge is 2.20. The second-order valence-electron chi connectivity index (χ2n) is 9.21. The number of aromatic nitrogens is 1. The first kappa shape index (κ1) is 26.6. The van der Waals surface area contributed by atoms with Crippen molar-refractivity contribution in [2.75, 3.05) is 18.5 Å². The highest BCUT2D eigenvalue weighted by molar-refractivity contribution is 6.12. The summed E-state index contributed by atoms with van der Waals surface area (Å²) in [7, 11) is 0. The number of nitrogens with zero attached hydrogens (tertiary/aromatic N) is 1. The summed E-state index contributed by atoms with van der Waals surface area (Å²) in [5.74, 6) is 0.205. The van der Waals surface area contributed by atoms with Gasteiger partial charge < -0.3 is 24.9 Å². The molecule has 0 amide bonds. The summed E-state index contributed by atoms with van der Waals surface area (Å²) >= 11 is 0. The molecule has 1 heterocycles. The van der Waals surface area contributed by atoms with Gasteiger partial charge in [0, 0.05) is 23.4 Å². The van der Waals surface area contributed by atoms with Crippen LogP contribution in [0.1, 0.15) is 39.8 Å². The summed E-state index contributed by atoms with van der Waals surface area (Å²) in [4.78, 5) is 29.3. The molecule has 0 fully saturated rings. The maximum atomic E-state index is 13.1. The van der Waals surface area contributed by atoms with Crippen LogP contribution in [0, 0.1) is 0 Å². The first-order valence-electron chi connectivity index (χ1n) is 13.0. The Hall–Kier alpha value is -4.95. The second kappa shape index (κ2) is 12.7. The van der Waals surface area contributed by atoms with Gasteiger partial charge in [0.15, 0.2) is 11.4 Å². The zero-order valence-electron chi connectivity index (χ0n) is 21.7. The molecule has 202 valence electrons. The maximum Gasteiger partial charge on any atom is 0.305 e. The lowest BCUT2D eigenvalue weighted by Gasteiger charge is -2.21. The van der Waals surface area contributed by atoms with Crippen LogP contribution in [0.15, 0.2) is 108 Å². The molecule has 0 spiro atoms. The van der Waals surface area contributed by atoms with Crippen LogP contribution in [0.4, 0.5) is 5.69 Å². The van der Waals surface area contributed by atoms with Gasteiger partial charge in [-0.05, 0) is 42.0 Å². The van der Waals surface area contributed by atoms with Gasteiger partial charge in [-0.15, -0.1) is 0 Å². The molecule has 1 unspecified atom stereocenters. The first-order valence-corrected chi connectivity index (χ1v) is 13.0. The zero-order valence-corrected chi connectivity index (χ0v) is 21.7. The molecule has 3 N–H and O–H groups in total. The number of carbonyl (C=O) groups is 2. The summed E-state index contributed by atoms with van der Waals surface area (Å²) in [6.07, 6.45) is -0.159. The minimum Gasteiger partial charge on any atom is -0.492 e. The van der Waals surface area contributed by atoms with E-state index in [1.165, 1.54) is 0 Å². The predicted molar refractivity (Wildman–Crippen MR) is 153 cm³/mol. The van der Waals surface area contributed by atoms with E-state index in [9.17, 15) is 14.7 Å². The van der Waals surface area contributed by atoms with Crippen LogP contribution in [0.5, 0.6) is 5.75 Å². The summed E-state index contributed by atoms with van der Waals surface area (Å²) in [5.41, 5.74) is 3.99. The number of carbonyl (C=O) groups excluding carboxylic acids is 1. The van der Waals surface area contributed by atoms with E-state index in [0.717, 1.165) is 16.7 Å². The molecule has 0 radical (unpaired) electrons. The fraction of sp³-hybridized carbons (Fsp3) is 0.156. The van der Waals surface area contributed by atoms with Crippen molar-refractivity contribution in [3.63, 3.8) is 0 Å². The van der Waals surface area contributed by atoms with Crippen molar-refractivity contribution in [3.05, 3.63) is 126 Å². The number of hydrogen-bond acceptors (Lipinski definition) is 7. The van der Waals surface area contributed by atoms with Crippen molar-refractivity contribution in [2.24, 2.45) is 0 Å². The molecule has 4 aromatic carbocycles. The van der Waals surface area contributed by atoms with E-state index in [0.29, 0.717) is 48.2 Å². The Bertz CT molecular complexity index is 1550. The van der Waals surface area contributed by atoms with Gasteiger partial charge in [0.05, 0.1) is 19.0 Å². The summed E-state index contributed by atoms with van der Waals surface area (Å²) in [6, 6.07) is 30.5. The molecule has 0 saturated carbocycles. The van der Waals surface area contributed by atoms with Crippen molar-refractivity contribution >= 4 is 28.5 Å². The first-order chi connectivity index (χ1) is 19.6. The molecule has 5 rings (SSSR count). The zero-order chi connectivity index (χ0) is 27.7. The number of benzene rings is 4. The number of carboxylic acids is 1. The van der Waals surface area contributed by atoms with Crippen LogP contribution < -0.4 is 15.4 Å². The van der Waals surface area contributed by atoms with E-state index >= 15 is 0 Å². The van der Waals surface area contributed by atoms with Gasteiger partial charge in [-0.1, -0.05) is 66.7 Å². The van der Waals surface area contributed by atoms with Crippen LogP contribution in [0.25, 0.3) is 11.1 Å². The van der Waals surface area contributed by atoms with Crippen LogP contribution in [0.2, 0.25) is 0 Å². The van der Waals surface area contributed by atoms with Crippen LogP contribution in [-0.4, -0.2) is 35.0 Å². The molecular weight excluding hydrogens is 506 g/mol. The number of para-hydroxylation sites is 3. The van der Waals surface area contributed by atoms with E-state index in [1.807, 2.05) is 72.8 Å². The smallest absolute Gasteiger partial charge is 0.305 e. The minimum absolute atomic E-state index is 0.133. The second-order valence-corrected chi connectivity index (χ2v) is 9.21. The average molecular weight is 536 g/mol. The summed E-state index contributed by atoms with van der Waals surface area (Å²) in [6.45, 7) is 1.52. The normalized spacial score (nSPS) is 11.7. The van der Waals surface area contributed by atoms with Gasteiger partial charge in [0.25, 0.3) is 0 Å². The maximum absolute atomic E-state index is 13.1. The number of ether oxygens (including phenoxy) is 1. The number of carboxylic acid groups (broad SMARTS) is 1. The Morgan fingerprint density at radius 2 is 1.60 bits per heavy atom. The standard InChI is InChI=1S/C32H29N3O5/c36-31(37)20-28(34-26-11-5-4-10-25(26)32(38)23-8-2-1-3-9-23)22-14-16-24(17-15-22)39-19-18-33-21-30-35-27-12-6-7-13-29(27)40-30/h1-17,28,33-34H,18-21H2,(H,36,37). The quantitative estimate of drug-likeness (QED) is 0.127. The third-order valence-electron chi connectivity index (χ3n) is 6.36. The largest absolute Gasteiger partial charge is 0.492 e. The Kier molecular flexibility index (Phi) is 8.48. The molecule has 1 atom stereocenters. The lowest BCUT2D eigenvalue weighted by Crippen LogP contribution is -2.20. The van der Waals surface area contributed by atoms with Crippen molar-refractivity contribution < 1.29 is 23.8 Å². The summed E-state index contributed by atoms with van der Waals surface area (Å²) in [5, 5.41) is 16.1. The summed E-state index contributed by atoms with van der Waals surface area (Å²) < 4.78 is 11.5. The van der Waals surface area contributed by atoms with Crippen molar-refractivity contribution in [2.45, 2.75) is 19.0 Å². The number of oxazole rings is 1. The molecule has 0 aliphatic carbocycles. The molecule has 0 aliphatic rings. The van der Waals surface area contributed by atoms with Crippen LogP contribution >= 0.6 is 0 Å². The molecular formula is C32H29N3O5. The third-order valence-corrected chi connectivity index (χ3v) is 6.36. The van der Waals surface area contributed by atoms with Gasteiger partial charge in [-0.2, -0.15) is 0 Å². The molecule has 8 nitrogen and oxygen atoms in total. The Balaban J connectivity index is 1.19. The van der Waals surface area contributed by atoms with E-state index in [4.69, 9.17) is 9.15 Å². The highest BCUT2D eigenvalue weighted by Crippen LogP contribution is 2.28. The van der Waals surface area contributed by atoms with Gasteiger partial charge in [-0.3, -0.25) is 9.59 Å². The molecule has 40 heavy (non-hydrogen) atoms. The van der Waals surface area contributed by atoms with Crippen molar-refractivity contribution in [3.8, 4) is 5.75 Å². The lowest BCUT2D eigenvalue weighted by atomic mass is 9.99. The van der Waals surface area contributed by atoms with E-state index in [2.05, 4.69) is 15.6 Å². The van der Waals surface area contributed by atoms with E-state index in [1.54, 1.807) is 30.3 Å². The highest BCUT2D eigenvalue weighted by atomic mass is 16.5. The molecule has 8 heteroatoms. The Labute approximate surface area is 231 Å². The molecule has 0 saturated heterocycles. The molecule has 1 aromatic heterocycles. The molecule has 0 aliphatic heterocycles. The number of anilines is 1. The van der Waals surface area contributed by atoms with Crippen molar-refractivity contribution in [1.82, 2.24) is 10.3 Å². The Morgan fingerprint density at radius 1 is 0.875 bits per heavy atom. The third kappa shape index (κ3) is 6.73. The number of rotatable bonds is 13. The minimum atomic E-state index is -0.949. The number of fused-ring (bicyclic) bond motifs is 1. The Morgan fingerprint density at radius 3 is 2.38 bits per heavy atom. The van der Waals surface area contributed by atoms with Gasteiger partial charge in [0.2, 0.25) is 5.89 Å². The number of ketones is 1. The number of hydrogen-bond donors (Lipinski definition) is 3. The number of nitrogens with one attached hydrogen (secondary N) is 2. The predicted octanol–water partition coefficient (Wildman–Crippen LogP) is 5.86. The SMILES string of the molecule is O=C(O)CC(Nc1ccccc1C(=O)c1ccccc1)c1ccc(OCCNCc2nc3ccccc3o2)cc1. The van der Waals surface area contributed by atoms with Gasteiger partial charge >= 0.3 is 5.97 Å². The fourth-order valence-corrected chi connectivity index (χ4v) is 4.39. The molecule has 0 bridgehead atoms. The van der Waals surface area contributed by atoms with E-state index < -0.39 is 12.0 Å². The molecule has 5 aromatic rings. The monoisotopic (exact) mass is 535 g/mol. The van der Waals surface area contributed by atoms with Crippen LogP contribution in [-0.2, 0) is 11.3 Å². The van der Waals surface area contributed by atoms with Crippen molar-refractivity contribution in [1.29, 1.82) is 0 Å². The van der Waals surface area contributed by atoms with Gasteiger partial charge in [-0.25, -0.2) is 4.98 Å². The van der Waals surface area contributed by atoms with E-state index in [-0.39, 0.29) is 12.2 Å². The lowest BCUT2D eigenvalue weighted by molar-refractivity contribution is -0.137.